The molecule has 0 aliphatic heterocycles. The lowest BCUT2D eigenvalue weighted by Crippen LogP contribution is -2.31. The lowest BCUT2D eigenvalue weighted by atomic mass is 10.1. The number of carbonyl (C=O) groups is 2. The van der Waals surface area contributed by atoms with E-state index < -0.39 is 0 Å². The van der Waals surface area contributed by atoms with Gasteiger partial charge in [-0.05, 0) is 25.0 Å². The van der Waals surface area contributed by atoms with Crippen LogP contribution in [0.1, 0.15) is 57.9 Å². The van der Waals surface area contributed by atoms with Crippen LogP contribution in [0.5, 0.6) is 0 Å². The standard InChI is InChI=1S/C22H24N4O2/c1-15(17-10-6-4-7-11-17)23-21(27)19-14-26(3)25-20(19)22(28)24-16(2)18-12-8-5-9-13-18/h4-16H,1-3H3,(H,23,27)(H,24,28)/t15-,16+/m0/s1. The largest absolute Gasteiger partial charge is 0.345 e. The average Bonchev–Trinajstić information content (AvgIpc) is 3.11. The Bertz CT molecular complexity index is 874. The summed E-state index contributed by atoms with van der Waals surface area (Å²) in [5.41, 5.74) is 2.34. The molecule has 0 aliphatic carbocycles. The van der Waals surface area contributed by atoms with Gasteiger partial charge in [-0.3, -0.25) is 14.3 Å². The number of benzene rings is 2. The fourth-order valence-electron chi connectivity index (χ4n) is 3.01. The van der Waals surface area contributed by atoms with Gasteiger partial charge in [0.1, 0.15) is 0 Å². The monoisotopic (exact) mass is 376 g/mol. The van der Waals surface area contributed by atoms with Crippen LogP contribution >= 0.6 is 0 Å². The van der Waals surface area contributed by atoms with Crippen LogP contribution in [0.15, 0.2) is 66.9 Å². The second kappa shape index (κ2) is 8.52. The SMILES string of the molecule is C[C@H](NC(=O)c1cn(C)nc1C(=O)N[C@H](C)c1ccccc1)c1ccccc1. The number of carbonyl (C=O) groups excluding carboxylic acids is 2. The van der Waals surface area contributed by atoms with Crippen molar-refractivity contribution in [3.8, 4) is 0 Å². The summed E-state index contributed by atoms with van der Waals surface area (Å²) in [5, 5.41) is 10.0. The highest BCUT2D eigenvalue weighted by molar-refractivity contribution is 6.06. The first-order chi connectivity index (χ1) is 13.5. The molecular formula is C22H24N4O2. The Morgan fingerprint density at radius 3 is 1.79 bits per heavy atom. The van der Waals surface area contributed by atoms with Crippen LogP contribution in [-0.2, 0) is 7.05 Å². The smallest absolute Gasteiger partial charge is 0.273 e. The van der Waals surface area contributed by atoms with Crippen molar-refractivity contribution in [1.82, 2.24) is 20.4 Å². The van der Waals surface area contributed by atoms with Crippen molar-refractivity contribution < 1.29 is 9.59 Å². The number of aryl methyl sites for hydroxylation is 1. The molecule has 0 bridgehead atoms. The van der Waals surface area contributed by atoms with Crippen LogP contribution in [0.25, 0.3) is 0 Å². The van der Waals surface area contributed by atoms with Gasteiger partial charge in [-0.1, -0.05) is 60.7 Å². The molecule has 2 aromatic carbocycles. The van der Waals surface area contributed by atoms with Gasteiger partial charge in [-0.2, -0.15) is 5.10 Å². The average molecular weight is 376 g/mol. The van der Waals surface area contributed by atoms with Crippen molar-refractivity contribution in [1.29, 1.82) is 0 Å². The minimum atomic E-state index is -0.380. The molecule has 1 aromatic heterocycles. The van der Waals surface area contributed by atoms with E-state index in [-0.39, 0.29) is 35.2 Å². The molecule has 0 spiro atoms. The fraction of sp³-hybridized carbons (Fsp3) is 0.227. The van der Waals surface area contributed by atoms with Gasteiger partial charge in [0, 0.05) is 13.2 Å². The van der Waals surface area contributed by atoms with E-state index in [0.717, 1.165) is 11.1 Å². The summed E-state index contributed by atoms with van der Waals surface area (Å²) >= 11 is 0. The van der Waals surface area contributed by atoms with Crippen LogP contribution in [-0.4, -0.2) is 21.6 Å². The van der Waals surface area contributed by atoms with E-state index in [4.69, 9.17) is 0 Å². The Labute approximate surface area is 164 Å². The zero-order valence-corrected chi connectivity index (χ0v) is 16.2. The molecular weight excluding hydrogens is 352 g/mol. The molecule has 0 unspecified atom stereocenters. The second-order valence-electron chi connectivity index (χ2n) is 6.78. The molecule has 1 heterocycles. The zero-order valence-electron chi connectivity index (χ0n) is 16.2. The summed E-state index contributed by atoms with van der Waals surface area (Å²) in [4.78, 5) is 25.5. The van der Waals surface area contributed by atoms with Crippen molar-refractivity contribution in [2.75, 3.05) is 0 Å². The first-order valence-electron chi connectivity index (χ1n) is 9.21. The zero-order chi connectivity index (χ0) is 20.1. The summed E-state index contributed by atoms with van der Waals surface area (Å²) in [6, 6.07) is 18.9. The van der Waals surface area contributed by atoms with E-state index in [2.05, 4.69) is 15.7 Å². The quantitative estimate of drug-likeness (QED) is 0.692. The number of nitrogens with zero attached hydrogens (tertiary/aromatic N) is 2. The van der Waals surface area contributed by atoms with Gasteiger partial charge in [0.25, 0.3) is 11.8 Å². The summed E-state index contributed by atoms with van der Waals surface area (Å²) in [5.74, 6) is -0.712. The molecule has 0 saturated carbocycles. The first-order valence-corrected chi connectivity index (χ1v) is 9.21. The third-order valence-corrected chi connectivity index (χ3v) is 4.58. The van der Waals surface area contributed by atoms with Crippen molar-refractivity contribution >= 4 is 11.8 Å². The molecule has 6 heteroatoms. The molecule has 3 aromatic rings. The predicted molar refractivity (Wildman–Crippen MR) is 108 cm³/mol. The maximum atomic E-state index is 12.8. The van der Waals surface area contributed by atoms with Gasteiger partial charge in [-0.25, -0.2) is 0 Å². The predicted octanol–water partition coefficient (Wildman–Crippen LogP) is 3.40. The van der Waals surface area contributed by atoms with E-state index in [1.165, 1.54) is 4.68 Å². The topological polar surface area (TPSA) is 76.0 Å². The Kier molecular flexibility index (Phi) is 5.89. The second-order valence-corrected chi connectivity index (χ2v) is 6.78. The van der Waals surface area contributed by atoms with Crippen molar-refractivity contribution in [2.45, 2.75) is 25.9 Å². The minimum absolute atomic E-state index is 0.114. The Morgan fingerprint density at radius 1 is 0.821 bits per heavy atom. The van der Waals surface area contributed by atoms with Crippen LogP contribution in [0.2, 0.25) is 0 Å². The number of amides is 2. The van der Waals surface area contributed by atoms with E-state index in [1.54, 1.807) is 13.2 Å². The molecule has 28 heavy (non-hydrogen) atoms. The Balaban J connectivity index is 1.75. The maximum absolute atomic E-state index is 12.8. The maximum Gasteiger partial charge on any atom is 0.273 e. The molecule has 0 aliphatic rings. The Morgan fingerprint density at radius 2 is 1.29 bits per heavy atom. The van der Waals surface area contributed by atoms with Crippen LogP contribution in [0.4, 0.5) is 0 Å². The van der Waals surface area contributed by atoms with Crippen molar-refractivity contribution in [2.24, 2.45) is 7.05 Å². The molecule has 0 fully saturated rings. The van der Waals surface area contributed by atoms with Crippen LogP contribution < -0.4 is 10.6 Å². The van der Waals surface area contributed by atoms with E-state index in [1.807, 2.05) is 74.5 Å². The third kappa shape index (κ3) is 4.46. The summed E-state index contributed by atoms with van der Waals surface area (Å²) < 4.78 is 1.48. The number of aromatic nitrogens is 2. The molecule has 6 nitrogen and oxygen atoms in total. The summed E-state index contributed by atoms with van der Waals surface area (Å²) in [6.07, 6.45) is 1.56. The highest BCUT2D eigenvalue weighted by Crippen LogP contribution is 2.16. The number of hydrogen-bond acceptors (Lipinski definition) is 3. The molecule has 0 saturated heterocycles. The van der Waals surface area contributed by atoms with Gasteiger partial charge in [0.2, 0.25) is 0 Å². The van der Waals surface area contributed by atoms with Gasteiger partial charge in [-0.15, -0.1) is 0 Å². The number of hydrogen-bond donors (Lipinski definition) is 2. The fourth-order valence-corrected chi connectivity index (χ4v) is 3.01. The molecule has 2 amide bonds. The van der Waals surface area contributed by atoms with Gasteiger partial charge in [0.15, 0.2) is 5.69 Å². The lowest BCUT2D eigenvalue weighted by Gasteiger charge is -2.15. The summed E-state index contributed by atoms with van der Waals surface area (Å²) in [6.45, 7) is 3.80. The molecule has 3 rings (SSSR count). The lowest BCUT2D eigenvalue weighted by molar-refractivity contribution is 0.0902. The minimum Gasteiger partial charge on any atom is -0.345 e. The molecule has 144 valence electrons. The van der Waals surface area contributed by atoms with Gasteiger partial charge in [0.05, 0.1) is 17.6 Å². The molecule has 2 atom stereocenters. The van der Waals surface area contributed by atoms with E-state index in [0.29, 0.717) is 0 Å². The molecule has 0 radical (unpaired) electrons. The highest BCUT2D eigenvalue weighted by Gasteiger charge is 2.24. The first kappa shape index (κ1) is 19.4. The van der Waals surface area contributed by atoms with E-state index >= 15 is 0 Å². The number of nitrogens with one attached hydrogen (secondary N) is 2. The normalized spacial score (nSPS) is 12.8. The summed E-state index contributed by atoms with van der Waals surface area (Å²) in [7, 11) is 1.69. The highest BCUT2D eigenvalue weighted by atomic mass is 16.2. The van der Waals surface area contributed by atoms with Crippen LogP contribution in [0.3, 0.4) is 0 Å². The van der Waals surface area contributed by atoms with Crippen LogP contribution in [0, 0.1) is 0 Å². The number of rotatable bonds is 6. The van der Waals surface area contributed by atoms with Crippen molar-refractivity contribution in [3.05, 3.63) is 89.2 Å². The third-order valence-electron chi connectivity index (χ3n) is 4.58. The van der Waals surface area contributed by atoms with E-state index in [9.17, 15) is 9.59 Å². The van der Waals surface area contributed by atoms with Gasteiger partial charge >= 0.3 is 0 Å². The van der Waals surface area contributed by atoms with Crippen molar-refractivity contribution in [3.63, 3.8) is 0 Å². The molecule has 2 N–H and O–H groups in total. The Hall–Kier alpha value is -3.41. The van der Waals surface area contributed by atoms with Gasteiger partial charge < -0.3 is 10.6 Å².